The highest BCUT2D eigenvalue weighted by Gasteiger charge is 2.62. The van der Waals surface area contributed by atoms with Gasteiger partial charge >= 0.3 is 5.97 Å². The fraction of sp³-hybridized carbons (Fsp3) is 0.950. The quantitative estimate of drug-likeness (QED) is 0.738. The van der Waals surface area contributed by atoms with Crippen LogP contribution < -0.4 is 0 Å². The van der Waals surface area contributed by atoms with Gasteiger partial charge in [0.1, 0.15) is 5.41 Å². The number of aliphatic hydroxyl groups is 1. The number of hydrogen-bond acceptors (Lipinski definition) is 3. The Balaban J connectivity index is 2.36. The second-order valence-electron chi connectivity index (χ2n) is 8.13. The van der Waals surface area contributed by atoms with E-state index in [1.165, 1.54) is 6.42 Å². The zero-order valence-electron chi connectivity index (χ0n) is 15.9. The van der Waals surface area contributed by atoms with Crippen molar-refractivity contribution >= 4 is 5.97 Å². The van der Waals surface area contributed by atoms with Crippen LogP contribution in [0.15, 0.2) is 0 Å². The molecule has 2 aliphatic carbocycles. The maximum Gasteiger partial charge on any atom is 0.312 e. The molecule has 0 aromatic carbocycles. The Morgan fingerprint density at radius 1 is 1.08 bits per heavy atom. The van der Waals surface area contributed by atoms with Crippen LogP contribution in [0.5, 0.6) is 0 Å². The summed E-state index contributed by atoms with van der Waals surface area (Å²) in [6.07, 6.45) is 8.63. The Morgan fingerprint density at radius 2 is 1.67 bits per heavy atom. The van der Waals surface area contributed by atoms with Crippen LogP contribution in [0.3, 0.4) is 0 Å². The van der Waals surface area contributed by atoms with Gasteiger partial charge in [0.2, 0.25) is 0 Å². The highest BCUT2D eigenvalue weighted by Crippen LogP contribution is 2.56. The SMILES string of the molecule is CCN(CC)CC(C)C1(C(=O)O)CCCCC1(O)C1CCCCC1. The first kappa shape index (κ1) is 19.7. The van der Waals surface area contributed by atoms with Gasteiger partial charge in [-0.2, -0.15) is 0 Å². The minimum Gasteiger partial charge on any atom is -0.481 e. The summed E-state index contributed by atoms with van der Waals surface area (Å²) in [6, 6.07) is 0. The van der Waals surface area contributed by atoms with Crippen molar-refractivity contribution in [2.75, 3.05) is 19.6 Å². The molecule has 2 fully saturated rings. The number of carboxylic acid groups (broad SMARTS) is 1. The van der Waals surface area contributed by atoms with Gasteiger partial charge in [0.15, 0.2) is 0 Å². The van der Waals surface area contributed by atoms with Crippen molar-refractivity contribution in [3.63, 3.8) is 0 Å². The molecule has 4 nitrogen and oxygen atoms in total. The number of carboxylic acids is 1. The van der Waals surface area contributed by atoms with E-state index in [0.717, 1.165) is 58.2 Å². The van der Waals surface area contributed by atoms with Gasteiger partial charge in [-0.05, 0) is 50.6 Å². The molecule has 2 N–H and O–H groups in total. The van der Waals surface area contributed by atoms with Crippen molar-refractivity contribution in [3.05, 3.63) is 0 Å². The van der Waals surface area contributed by atoms with Gasteiger partial charge in [-0.15, -0.1) is 0 Å². The average molecular weight is 340 g/mol. The molecule has 2 saturated carbocycles. The second kappa shape index (κ2) is 8.18. The van der Waals surface area contributed by atoms with E-state index in [0.29, 0.717) is 12.8 Å². The number of nitrogens with zero attached hydrogens (tertiary/aromatic N) is 1. The van der Waals surface area contributed by atoms with E-state index >= 15 is 0 Å². The van der Waals surface area contributed by atoms with Crippen molar-refractivity contribution in [1.29, 1.82) is 0 Å². The molecule has 3 unspecified atom stereocenters. The standard InChI is InChI=1S/C20H37NO3/c1-4-21(5-2)15-16(3)19(18(22)23)13-9-10-14-20(19,24)17-11-7-6-8-12-17/h16-17,24H,4-15H2,1-3H3,(H,22,23). The first-order valence-corrected chi connectivity index (χ1v) is 10.1. The summed E-state index contributed by atoms with van der Waals surface area (Å²) < 4.78 is 0. The zero-order chi connectivity index (χ0) is 17.8. The first-order valence-electron chi connectivity index (χ1n) is 10.1. The summed E-state index contributed by atoms with van der Waals surface area (Å²) in [5.74, 6) is -0.654. The number of aliphatic carboxylic acids is 1. The molecule has 0 bridgehead atoms. The highest BCUT2D eigenvalue weighted by molar-refractivity contribution is 5.77. The lowest BCUT2D eigenvalue weighted by Crippen LogP contribution is -2.63. The molecule has 0 saturated heterocycles. The van der Waals surface area contributed by atoms with E-state index in [2.05, 4.69) is 25.7 Å². The number of carbonyl (C=O) groups is 1. The van der Waals surface area contributed by atoms with Crippen LogP contribution in [0.4, 0.5) is 0 Å². The third-order valence-electron chi connectivity index (χ3n) is 7.08. The Labute approximate surface area is 147 Å². The number of rotatable bonds is 7. The van der Waals surface area contributed by atoms with Crippen molar-refractivity contribution in [2.45, 2.75) is 84.2 Å². The van der Waals surface area contributed by atoms with E-state index < -0.39 is 17.0 Å². The minimum atomic E-state index is -1.04. The van der Waals surface area contributed by atoms with E-state index in [4.69, 9.17) is 0 Å². The largest absolute Gasteiger partial charge is 0.481 e. The van der Waals surface area contributed by atoms with Gasteiger partial charge in [-0.1, -0.05) is 52.9 Å². The van der Waals surface area contributed by atoms with Gasteiger partial charge < -0.3 is 15.1 Å². The molecule has 4 heteroatoms. The summed E-state index contributed by atoms with van der Waals surface area (Å²) in [5, 5.41) is 22.1. The Bertz CT molecular complexity index is 417. The lowest BCUT2D eigenvalue weighted by atomic mass is 9.51. The van der Waals surface area contributed by atoms with Crippen molar-refractivity contribution in [3.8, 4) is 0 Å². The van der Waals surface area contributed by atoms with Crippen molar-refractivity contribution < 1.29 is 15.0 Å². The Kier molecular flexibility index (Phi) is 6.72. The van der Waals surface area contributed by atoms with Gasteiger partial charge in [0.25, 0.3) is 0 Å². The molecule has 0 aromatic heterocycles. The van der Waals surface area contributed by atoms with Crippen LogP contribution in [0, 0.1) is 17.3 Å². The smallest absolute Gasteiger partial charge is 0.312 e. The molecular formula is C20H37NO3. The fourth-order valence-electron chi connectivity index (χ4n) is 5.59. The van der Waals surface area contributed by atoms with Crippen molar-refractivity contribution in [1.82, 2.24) is 4.90 Å². The van der Waals surface area contributed by atoms with Crippen molar-refractivity contribution in [2.24, 2.45) is 17.3 Å². The monoisotopic (exact) mass is 339 g/mol. The average Bonchev–Trinajstić information content (AvgIpc) is 2.60. The van der Waals surface area contributed by atoms with Gasteiger partial charge in [-0.3, -0.25) is 4.79 Å². The fourth-order valence-corrected chi connectivity index (χ4v) is 5.59. The Morgan fingerprint density at radius 3 is 2.21 bits per heavy atom. The maximum absolute atomic E-state index is 12.6. The lowest BCUT2D eigenvalue weighted by Gasteiger charge is -2.55. The van der Waals surface area contributed by atoms with Gasteiger partial charge in [-0.25, -0.2) is 0 Å². The molecule has 0 radical (unpaired) electrons. The summed E-state index contributed by atoms with van der Waals surface area (Å²) in [4.78, 5) is 14.9. The van der Waals surface area contributed by atoms with Crippen LogP contribution in [-0.2, 0) is 4.79 Å². The molecule has 0 spiro atoms. The molecule has 140 valence electrons. The molecule has 0 amide bonds. The van der Waals surface area contributed by atoms with Crippen LogP contribution in [0.25, 0.3) is 0 Å². The second-order valence-corrected chi connectivity index (χ2v) is 8.13. The molecule has 2 aliphatic rings. The molecule has 0 aromatic rings. The molecule has 3 atom stereocenters. The lowest BCUT2D eigenvalue weighted by molar-refractivity contribution is -0.207. The van der Waals surface area contributed by atoms with E-state index in [9.17, 15) is 15.0 Å². The summed E-state index contributed by atoms with van der Waals surface area (Å²) >= 11 is 0. The topological polar surface area (TPSA) is 60.8 Å². The molecule has 0 aliphatic heterocycles. The van der Waals surface area contributed by atoms with Crippen LogP contribution in [0.2, 0.25) is 0 Å². The van der Waals surface area contributed by atoms with Crippen LogP contribution >= 0.6 is 0 Å². The first-order chi connectivity index (χ1) is 11.4. The zero-order valence-corrected chi connectivity index (χ0v) is 15.9. The molecule has 24 heavy (non-hydrogen) atoms. The molecule has 0 heterocycles. The molecular weight excluding hydrogens is 302 g/mol. The highest BCUT2D eigenvalue weighted by atomic mass is 16.4. The maximum atomic E-state index is 12.6. The summed E-state index contributed by atoms with van der Waals surface area (Å²) in [6.45, 7) is 8.92. The number of hydrogen-bond donors (Lipinski definition) is 2. The van der Waals surface area contributed by atoms with Gasteiger partial charge in [0, 0.05) is 6.54 Å². The van der Waals surface area contributed by atoms with E-state index in [-0.39, 0.29) is 11.8 Å². The van der Waals surface area contributed by atoms with Crippen LogP contribution in [0.1, 0.15) is 78.6 Å². The Hall–Kier alpha value is -0.610. The predicted molar refractivity (Wildman–Crippen MR) is 97.0 cm³/mol. The summed E-state index contributed by atoms with van der Waals surface area (Å²) in [5.41, 5.74) is -2.03. The normalized spacial score (nSPS) is 33.5. The third kappa shape index (κ3) is 3.37. The predicted octanol–water partition coefficient (Wildman–Crippen LogP) is 3.92. The molecule has 2 rings (SSSR count). The van der Waals surface area contributed by atoms with Crippen LogP contribution in [-0.4, -0.2) is 46.3 Å². The minimum absolute atomic E-state index is 0.0397. The summed E-state index contributed by atoms with van der Waals surface area (Å²) in [7, 11) is 0. The van der Waals surface area contributed by atoms with E-state index in [1.54, 1.807) is 0 Å². The third-order valence-corrected chi connectivity index (χ3v) is 7.08. The van der Waals surface area contributed by atoms with Gasteiger partial charge in [0.05, 0.1) is 5.60 Å². The van der Waals surface area contributed by atoms with E-state index in [1.807, 2.05) is 0 Å².